The third-order valence-electron chi connectivity index (χ3n) is 3.15. The van der Waals surface area contributed by atoms with Gasteiger partial charge < -0.3 is 14.8 Å². The van der Waals surface area contributed by atoms with E-state index >= 15 is 0 Å². The molecule has 0 aromatic heterocycles. The molecule has 2 rings (SSSR count). The number of benzene rings is 1. The summed E-state index contributed by atoms with van der Waals surface area (Å²) in [5.74, 6) is 0. The minimum absolute atomic E-state index is 0.144. The first-order valence-corrected chi connectivity index (χ1v) is 7.26. The van der Waals surface area contributed by atoms with Gasteiger partial charge in [-0.1, -0.05) is 41.1 Å². The molecule has 1 fully saturated rings. The van der Waals surface area contributed by atoms with E-state index in [1.54, 1.807) is 0 Å². The van der Waals surface area contributed by atoms with Gasteiger partial charge in [0.1, 0.15) is 0 Å². The third kappa shape index (κ3) is 3.79. The molecule has 4 heteroatoms. The molecule has 3 nitrogen and oxygen atoms in total. The van der Waals surface area contributed by atoms with Gasteiger partial charge >= 0.3 is 0 Å². The van der Waals surface area contributed by atoms with Crippen LogP contribution in [0.1, 0.15) is 12.5 Å². The Morgan fingerprint density at radius 1 is 1.39 bits per heavy atom. The molecular formula is C14H20BrNO2. The Hall–Kier alpha value is -0.420. The Kier molecular flexibility index (Phi) is 5.63. The van der Waals surface area contributed by atoms with Gasteiger partial charge in [0.05, 0.1) is 25.9 Å². The lowest BCUT2D eigenvalue weighted by Gasteiger charge is -2.31. The Morgan fingerprint density at radius 3 is 2.89 bits per heavy atom. The summed E-state index contributed by atoms with van der Waals surface area (Å²) in [5, 5.41) is 3.50. The zero-order valence-electron chi connectivity index (χ0n) is 10.7. The smallest absolute Gasteiger partial charge is 0.0965 e. The zero-order valence-corrected chi connectivity index (χ0v) is 12.3. The van der Waals surface area contributed by atoms with Crippen LogP contribution in [-0.4, -0.2) is 38.5 Å². The number of halogens is 1. The van der Waals surface area contributed by atoms with E-state index in [2.05, 4.69) is 46.4 Å². The lowest BCUT2D eigenvalue weighted by atomic mass is 10.0. The second-order valence-corrected chi connectivity index (χ2v) is 5.30. The standard InChI is InChI=1S/C14H20BrNO2/c1-2-16-13(14-10-17-7-8-18-14)9-11-5-3-4-6-12(11)15/h3-6,13-14,16H,2,7-10H2,1H3. The topological polar surface area (TPSA) is 30.5 Å². The molecule has 100 valence electrons. The van der Waals surface area contributed by atoms with Gasteiger partial charge in [-0.25, -0.2) is 0 Å². The molecule has 1 N–H and O–H groups in total. The molecular weight excluding hydrogens is 294 g/mol. The van der Waals surface area contributed by atoms with Crippen molar-refractivity contribution in [2.24, 2.45) is 0 Å². The molecule has 2 unspecified atom stereocenters. The molecule has 1 heterocycles. The van der Waals surface area contributed by atoms with Gasteiger partial charge in [-0.3, -0.25) is 0 Å². The van der Waals surface area contributed by atoms with E-state index in [0.29, 0.717) is 25.9 Å². The second kappa shape index (κ2) is 7.24. The van der Waals surface area contributed by atoms with Crippen LogP contribution in [-0.2, 0) is 15.9 Å². The van der Waals surface area contributed by atoms with Crippen LogP contribution < -0.4 is 5.32 Å². The molecule has 1 aliphatic rings. The summed E-state index contributed by atoms with van der Waals surface area (Å²) in [5.41, 5.74) is 1.30. The lowest BCUT2D eigenvalue weighted by molar-refractivity contribution is -0.101. The van der Waals surface area contributed by atoms with Gasteiger partial charge in [-0.15, -0.1) is 0 Å². The maximum absolute atomic E-state index is 5.80. The molecule has 1 aromatic carbocycles. The highest BCUT2D eigenvalue weighted by atomic mass is 79.9. The van der Waals surface area contributed by atoms with Gasteiger partial charge in [0.2, 0.25) is 0 Å². The largest absolute Gasteiger partial charge is 0.376 e. The van der Waals surface area contributed by atoms with E-state index in [1.165, 1.54) is 5.56 Å². The molecule has 1 aliphatic heterocycles. The first-order valence-electron chi connectivity index (χ1n) is 6.47. The van der Waals surface area contributed by atoms with Crippen molar-refractivity contribution < 1.29 is 9.47 Å². The van der Waals surface area contributed by atoms with Crippen LogP contribution in [0.4, 0.5) is 0 Å². The van der Waals surface area contributed by atoms with E-state index in [0.717, 1.165) is 17.4 Å². The number of nitrogens with one attached hydrogen (secondary N) is 1. The van der Waals surface area contributed by atoms with Crippen LogP contribution in [0.2, 0.25) is 0 Å². The summed E-state index contributed by atoms with van der Waals surface area (Å²) in [6, 6.07) is 8.64. The van der Waals surface area contributed by atoms with Crippen LogP contribution in [0.5, 0.6) is 0 Å². The van der Waals surface area contributed by atoms with E-state index in [9.17, 15) is 0 Å². The number of ether oxygens (including phenoxy) is 2. The van der Waals surface area contributed by atoms with Gasteiger partial charge in [-0.05, 0) is 24.6 Å². The van der Waals surface area contributed by atoms with Crippen molar-refractivity contribution in [1.82, 2.24) is 5.32 Å². The average molecular weight is 314 g/mol. The summed E-state index contributed by atoms with van der Waals surface area (Å²) >= 11 is 3.60. The molecule has 1 saturated heterocycles. The first kappa shape index (κ1) is 14.0. The van der Waals surface area contributed by atoms with Gasteiger partial charge in [0.15, 0.2) is 0 Å². The highest BCUT2D eigenvalue weighted by Crippen LogP contribution is 2.19. The highest BCUT2D eigenvalue weighted by Gasteiger charge is 2.25. The van der Waals surface area contributed by atoms with Crippen molar-refractivity contribution in [3.63, 3.8) is 0 Å². The summed E-state index contributed by atoms with van der Waals surface area (Å²) < 4.78 is 12.5. The summed E-state index contributed by atoms with van der Waals surface area (Å²) in [6.07, 6.45) is 1.09. The molecule has 0 bridgehead atoms. The molecule has 2 atom stereocenters. The van der Waals surface area contributed by atoms with Gasteiger partial charge in [-0.2, -0.15) is 0 Å². The van der Waals surface area contributed by atoms with Crippen LogP contribution in [0.15, 0.2) is 28.7 Å². The molecule has 1 aromatic rings. The zero-order chi connectivity index (χ0) is 12.8. The van der Waals surface area contributed by atoms with Crippen LogP contribution in [0.25, 0.3) is 0 Å². The normalized spacial score (nSPS) is 21.8. The second-order valence-electron chi connectivity index (χ2n) is 4.44. The molecule has 0 radical (unpaired) electrons. The maximum Gasteiger partial charge on any atom is 0.0965 e. The molecule has 18 heavy (non-hydrogen) atoms. The quantitative estimate of drug-likeness (QED) is 0.905. The average Bonchev–Trinajstić information content (AvgIpc) is 2.42. The van der Waals surface area contributed by atoms with Crippen molar-refractivity contribution in [3.05, 3.63) is 34.3 Å². The first-order chi connectivity index (χ1) is 8.81. The Bertz CT molecular complexity index is 367. The molecule has 0 spiro atoms. The van der Waals surface area contributed by atoms with Gasteiger partial charge in [0, 0.05) is 10.5 Å². The number of hydrogen-bond acceptors (Lipinski definition) is 3. The Labute approximate surface area is 117 Å². The molecule has 0 aliphatic carbocycles. The fraction of sp³-hybridized carbons (Fsp3) is 0.571. The van der Waals surface area contributed by atoms with Crippen LogP contribution in [0.3, 0.4) is 0 Å². The molecule has 0 amide bonds. The predicted molar refractivity (Wildman–Crippen MR) is 75.9 cm³/mol. The minimum Gasteiger partial charge on any atom is -0.376 e. The Morgan fingerprint density at radius 2 is 2.22 bits per heavy atom. The summed E-state index contributed by atoms with van der Waals surface area (Å²) in [6.45, 7) is 5.15. The molecule has 0 saturated carbocycles. The Balaban J connectivity index is 2.03. The summed E-state index contributed by atoms with van der Waals surface area (Å²) in [4.78, 5) is 0. The van der Waals surface area contributed by atoms with E-state index in [4.69, 9.17) is 9.47 Å². The van der Waals surface area contributed by atoms with Crippen molar-refractivity contribution >= 4 is 15.9 Å². The minimum atomic E-state index is 0.144. The fourth-order valence-corrected chi connectivity index (χ4v) is 2.68. The van der Waals surface area contributed by atoms with Crippen molar-refractivity contribution in [2.45, 2.75) is 25.5 Å². The predicted octanol–water partition coefficient (Wildman–Crippen LogP) is 2.39. The van der Waals surface area contributed by atoms with Crippen LogP contribution >= 0.6 is 15.9 Å². The highest BCUT2D eigenvalue weighted by molar-refractivity contribution is 9.10. The van der Waals surface area contributed by atoms with Crippen molar-refractivity contribution in [1.29, 1.82) is 0 Å². The third-order valence-corrected chi connectivity index (χ3v) is 3.93. The van der Waals surface area contributed by atoms with Crippen molar-refractivity contribution in [2.75, 3.05) is 26.4 Å². The van der Waals surface area contributed by atoms with Crippen molar-refractivity contribution in [3.8, 4) is 0 Å². The maximum atomic E-state index is 5.80. The number of likely N-dealkylation sites (N-methyl/N-ethyl adjacent to an activating group) is 1. The SMILES string of the molecule is CCNC(Cc1ccccc1Br)C1COCCO1. The number of hydrogen-bond donors (Lipinski definition) is 1. The van der Waals surface area contributed by atoms with Gasteiger partial charge in [0.25, 0.3) is 0 Å². The van der Waals surface area contributed by atoms with E-state index < -0.39 is 0 Å². The monoisotopic (exact) mass is 313 g/mol. The lowest BCUT2D eigenvalue weighted by Crippen LogP contribution is -2.47. The van der Waals surface area contributed by atoms with E-state index in [-0.39, 0.29) is 6.10 Å². The fourth-order valence-electron chi connectivity index (χ4n) is 2.24. The van der Waals surface area contributed by atoms with E-state index in [1.807, 2.05) is 6.07 Å². The number of rotatable bonds is 5. The summed E-state index contributed by atoms with van der Waals surface area (Å²) in [7, 11) is 0. The van der Waals surface area contributed by atoms with Crippen LogP contribution in [0, 0.1) is 0 Å².